The lowest BCUT2D eigenvalue weighted by Gasteiger charge is -2.38. The molecule has 3 aliphatic rings. The number of likely N-dealkylation sites (tertiary alicyclic amines) is 1. The topological polar surface area (TPSA) is 97.5 Å². The summed E-state index contributed by atoms with van der Waals surface area (Å²) in [7, 11) is 4.10. The third kappa shape index (κ3) is 8.16. The molecule has 0 radical (unpaired) electrons. The highest BCUT2D eigenvalue weighted by Gasteiger charge is 2.34. The van der Waals surface area contributed by atoms with Crippen LogP contribution >= 0.6 is 0 Å². The second-order valence-electron chi connectivity index (χ2n) is 12.8. The van der Waals surface area contributed by atoms with Gasteiger partial charge in [0.05, 0.1) is 0 Å². The lowest BCUT2D eigenvalue weighted by atomic mass is 9.96. The minimum absolute atomic E-state index is 0.0667. The summed E-state index contributed by atoms with van der Waals surface area (Å²) in [6.07, 6.45) is 5.86. The number of piperidine rings is 2. The van der Waals surface area contributed by atoms with Gasteiger partial charge < -0.3 is 30.2 Å². The van der Waals surface area contributed by atoms with Crippen LogP contribution in [0.1, 0.15) is 61.8 Å². The Morgan fingerprint density at radius 3 is 2.49 bits per heavy atom. The highest BCUT2D eigenvalue weighted by atomic mass is 16.7. The standard InChI is InChI=1S/C35H50N6O4/c1-5-26-14-13-25(22-27(26)6-2)23-32(33(42)39-18-9-11-30(24-39)38(3)4)37-35(44)45-40-19-16-29(17-20-40)41-21-15-28-10-7-8-12-31(28)36-34(41)43/h7-8,10,12-14,22,29-30,32H,5-6,9,11,15-21,23-24H2,1-4H3,(H,36,43)(H,37,44)/t30-,32?/m1/s1. The summed E-state index contributed by atoms with van der Waals surface area (Å²) in [5, 5.41) is 7.65. The number of urea groups is 1. The molecule has 2 saturated heterocycles. The highest BCUT2D eigenvalue weighted by Crippen LogP contribution is 2.25. The van der Waals surface area contributed by atoms with Crippen LogP contribution in [0.4, 0.5) is 15.3 Å². The molecule has 0 saturated carbocycles. The highest BCUT2D eigenvalue weighted by molar-refractivity contribution is 5.91. The van der Waals surface area contributed by atoms with Crippen LogP contribution in [0, 0.1) is 0 Å². The van der Waals surface area contributed by atoms with E-state index in [2.05, 4.69) is 67.7 Å². The molecule has 2 N–H and O–H groups in total. The largest absolute Gasteiger partial charge is 0.426 e. The minimum atomic E-state index is -0.726. The number of anilines is 1. The number of carbonyl (C=O) groups is 3. The zero-order valence-corrected chi connectivity index (χ0v) is 27.4. The molecule has 45 heavy (non-hydrogen) atoms. The van der Waals surface area contributed by atoms with Crippen molar-refractivity contribution < 1.29 is 19.2 Å². The van der Waals surface area contributed by atoms with Crippen molar-refractivity contribution in [2.45, 2.75) is 83.3 Å². The number of carbonyl (C=O) groups excluding carboxylic acids is 3. The number of nitrogens with zero attached hydrogens (tertiary/aromatic N) is 4. The Morgan fingerprint density at radius 2 is 1.76 bits per heavy atom. The summed E-state index contributed by atoms with van der Waals surface area (Å²) >= 11 is 0. The van der Waals surface area contributed by atoms with Gasteiger partial charge in [-0.3, -0.25) is 4.79 Å². The molecule has 10 nitrogen and oxygen atoms in total. The fourth-order valence-corrected chi connectivity index (χ4v) is 6.98. The number of likely N-dealkylation sites (N-methyl/N-ethyl adjacent to an activating group) is 1. The summed E-state index contributed by atoms with van der Waals surface area (Å²) in [4.78, 5) is 51.9. The molecule has 0 bridgehead atoms. The number of amides is 4. The van der Waals surface area contributed by atoms with Crippen LogP contribution in [-0.4, -0.2) is 103 Å². The first-order valence-corrected chi connectivity index (χ1v) is 16.7. The predicted octanol–water partition coefficient (Wildman–Crippen LogP) is 4.47. The van der Waals surface area contributed by atoms with E-state index in [-0.39, 0.29) is 18.0 Å². The first-order valence-electron chi connectivity index (χ1n) is 16.7. The van der Waals surface area contributed by atoms with Crippen molar-refractivity contribution in [3.05, 3.63) is 64.7 Å². The molecule has 2 atom stereocenters. The molecule has 0 aromatic heterocycles. The van der Waals surface area contributed by atoms with Crippen molar-refractivity contribution in [1.82, 2.24) is 25.1 Å². The van der Waals surface area contributed by atoms with Crippen molar-refractivity contribution in [2.24, 2.45) is 0 Å². The van der Waals surface area contributed by atoms with Crippen LogP contribution in [-0.2, 0) is 35.3 Å². The molecule has 0 spiro atoms. The fourth-order valence-electron chi connectivity index (χ4n) is 6.98. The average Bonchev–Trinajstić information content (AvgIpc) is 3.22. The van der Waals surface area contributed by atoms with Crippen molar-refractivity contribution in [2.75, 3.05) is 52.1 Å². The van der Waals surface area contributed by atoms with Gasteiger partial charge >= 0.3 is 12.1 Å². The number of hydroxylamine groups is 2. The number of hydrogen-bond donors (Lipinski definition) is 2. The number of fused-ring (bicyclic) bond motifs is 1. The van der Waals surface area contributed by atoms with Gasteiger partial charge in [-0.2, -0.15) is 0 Å². The quantitative estimate of drug-likeness (QED) is 0.431. The molecule has 10 heteroatoms. The molecular formula is C35H50N6O4. The Morgan fingerprint density at radius 1 is 1.00 bits per heavy atom. The maximum atomic E-state index is 13.9. The van der Waals surface area contributed by atoms with E-state index in [0.717, 1.165) is 48.9 Å². The normalized spacial score (nSPS) is 20.3. The zero-order chi connectivity index (χ0) is 31.9. The second-order valence-corrected chi connectivity index (χ2v) is 12.8. The van der Waals surface area contributed by atoms with Gasteiger partial charge in [0.25, 0.3) is 0 Å². The van der Waals surface area contributed by atoms with Gasteiger partial charge in [0, 0.05) is 56.9 Å². The maximum absolute atomic E-state index is 13.9. The smallest absolute Gasteiger partial charge is 0.351 e. The Hall–Kier alpha value is -3.63. The summed E-state index contributed by atoms with van der Waals surface area (Å²) < 4.78 is 0. The van der Waals surface area contributed by atoms with E-state index in [4.69, 9.17) is 4.84 Å². The maximum Gasteiger partial charge on any atom is 0.426 e. The molecule has 3 heterocycles. The van der Waals surface area contributed by atoms with Crippen molar-refractivity contribution >= 4 is 23.7 Å². The number of rotatable bonds is 9. The monoisotopic (exact) mass is 618 g/mol. The Balaban J connectivity index is 1.20. The summed E-state index contributed by atoms with van der Waals surface area (Å²) in [6.45, 7) is 7.32. The minimum Gasteiger partial charge on any atom is -0.351 e. The van der Waals surface area contributed by atoms with Gasteiger partial charge in [-0.15, -0.1) is 5.06 Å². The molecule has 4 amide bonds. The Kier molecular flexibility index (Phi) is 11.0. The molecule has 244 valence electrons. The van der Waals surface area contributed by atoms with Crippen LogP contribution in [0.5, 0.6) is 0 Å². The van der Waals surface area contributed by atoms with Crippen molar-refractivity contribution in [3.63, 3.8) is 0 Å². The number of benzene rings is 2. The van der Waals surface area contributed by atoms with Gasteiger partial charge in [-0.05, 0) is 87.4 Å². The van der Waals surface area contributed by atoms with Gasteiger partial charge in [0.15, 0.2) is 0 Å². The van der Waals surface area contributed by atoms with Crippen LogP contribution < -0.4 is 10.6 Å². The van der Waals surface area contributed by atoms with E-state index >= 15 is 0 Å². The van der Waals surface area contributed by atoms with Gasteiger partial charge in [-0.1, -0.05) is 50.2 Å². The first kappa shape index (κ1) is 32.8. The van der Waals surface area contributed by atoms with Crippen LogP contribution in [0.3, 0.4) is 0 Å². The molecule has 2 aromatic rings. The Bertz CT molecular complexity index is 1340. The van der Waals surface area contributed by atoms with Crippen LogP contribution in [0.25, 0.3) is 0 Å². The summed E-state index contributed by atoms with van der Waals surface area (Å²) in [6, 6.07) is 13.9. The zero-order valence-electron chi connectivity index (χ0n) is 27.4. The number of hydrogen-bond acceptors (Lipinski definition) is 6. The van der Waals surface area contributed by atoms with Gasteiger partial charge in [0.2, 0.25) is 5.91 Å². The molecule has 2 aromatic carbocycles. The van der Waals surface area contributed by atoms with Crippen molar-refractivity contribution in [1.29, 1.82) is 0 Å². The number of nitrogens with one attached hydrogen (secondary N) is 2. The van der Waals surface area contributed by atoms with Gasteiger partial charge in [0.1, 0.15) is 6.04 Å². The third-order valence-corrected chi connectivity index (χ3v) is 9.72. The predicted molar refractivity (Wildman–Crippen MR) is 176 cm³/mol. The average molecular weight is 619 g/mol. The molecule has 3 aliphatic heterocycles. The van der Waals surface area contributed by atoms with E-state index in [1.807, 2.05) is 28.0 Å². The van der Waals surface area contributed by atoms with Crippen LogP contribution in [0.15, 0.2) is 42.5 Å². The fraction of sp³-hybridized carbons (Fsp3) is 0.571. The lowest BCUT2D eigenvalue weighted by Crippen LogP contribution is -2.55. The van der Waals surface area contributed by atoms with E-state index < -0.39 is 12.1 Å². The van der Waals surface area contributed by atoms with Gasteiger partial charge in [-0.25, -0.2) is 9.59 Å². The Labute approximate surface area is 268 Å². The molecule has 2 fully saturated rings. The van der Waals surface area contributed by atoms with E-state index in [1.54, 1.807) is 5.06 Å². The van der Waals surface area contributed by atoms with E-state index in [9.17, 15) is 14.4 Å². The number of aryl methyl sites for hydroxylation is 2. The molecule has 0 aliphatic carbocycles. The van der Waals surface area contributed by atoms with Crippen LogP contribution in [0.2, 0.25) is 0 Å². The molecular weight excluding hydrogens is 568 g/mol. The van der Waals surface area contributed by atoms with Crippen molar-refractivity contribution in [3.8, 4) is 0 Å². The SMILES string of the molecule is CCc1ccc(CC(NC(=O)ON2CCC(N3CCc4ccccc4NC3=O)CC2)C(=O)N2CCC[C@@H](N(C)C)C2)cc1CC. The molecule has 5 rings (SSSR count). The second kappa shape index (κ2) is 15.1. The summed E-state index contributed by atoms with van der Waals surface area (Å²) in [5.74, 6) is -0.0667. The molecule has 1 unspecified atom stereocenters. The third-order valence-electron chi connectivity index (χ3n) is 9.72. The first-order chi connectivity index (χ1) is 21.7. The van der Waals surface area contributed by atoms with E-state index in [1.165, 1.54) is 11.1 Å². The number of para-hydroxylation sites is 1. The lowest BCUT2D eigenvalue weighted by molar-refractivity contribution is -0.137. The summed E-state index contributed by atoms with van der Waals surface area (Å²) in [5.41, 5.74) is 5.64. The van der Waals surface area contributed by atoms with E-state index in [0.29, 0.717) is 58.0 Å².